The van der Waals surface area contributed by atoms with Gasteiger partial charge in [0.1, 0.15) is 13.2 Å². The van der Waals surface area contributed by atoms with Gasteiger partial charge in [-0.2, -0.15) is 0 Å². The van der Waals surface area contributed by atoms with Crippen molar-refractivity contribution in [3.63, 3.8) is 0 Å². The fraction of sp³-hybridized carbons (Fsp3) is 0.636. The van der Waals surface area contributed by atoms with Gasteiger partial charge in [-0.25, -0.2) is 0 Å². The average Bonchev–Trinajstić information content (AvgIpc) is 3.43. The van der Waals surface area contributed by atoms with E-state index < -0.39 is 0 Å². The van der Waals surface area contributed by atoms with Crippen LogP contribution in [0, 0.1) is 23.7 Å². The first-order valence-corrected chi connectivity index (χ1v) is 10.6. The van der Waals surface area contributed by atoms with Gasteiger partial charge >= 0.3 is 0 Å². The number of nitrogens with one attached hydrogen (secondary N) is 1. The zero-order chi connectivity index (χ0) is 19.1. The molecule has 4 unspecified atom stereocenters. The summed E-state index contributed by atoms with van der Waals surface area (Å²) in [5.41, 5.74) is 0.770. The Morgan fingerprint density at radius 3 is 2.79 bits per heavy atom. The van der Waals surface area contributed by atoms with Crippen LogP contribution in [0.4, 0.5) is 5.69 Å². The summed E-state index contributed by atoms with van der Waals surface area (Å²) in [5.74, 6) is 3.71. The molecule has 3 fully saturated rings. The van der Waals surface area contributed by atoms with E-state index in [1.165, 1.54) is 25.7 Å². The van der Waals surface area contributed by atoms with Gasteiger partial charge < -0.3 is 19.7 Å². The van der Waals surface area contributed by atoms with E-state index in [1.807, 2.05) is 18.2 Å². The predicted molar refractivity (Wildman–Crippen MR) is 104 cm³/mol. The largest absolute Gasteiger partial charge is 0.486 e. The molecule has 2 aliphatic heterocycles. The maximum atomic E-state index is 12.6. The van der Waals surface area contributed by atoms with Crippen LogP contribution in [0.3, 0.4) is 0 Å². The summed E-state index contributed by atoms with van der Waals surface area (Å²) in [4.78, 5) is 26.8. The molecular formula is C22H28N2O4. The molecule has 6 nitrogen and oxygen atoms in total. The third-order valence-electron chi connectivity index (χ3n) is 7.03. The first-order chi connectivity index (χ1) is 13.7. The molecule has 1 N–H and O–H groups in total. The maximum Gasteiger partial charge on any atom is 0.227 e. The highest BCUT2D eigenvalue weighted by atomic mass is 16.6. The smallest absolute Gasteiger partial charge is 0.227 e. The molecule has 2 bridgehead atoms. The number of anilines is 1. The van der Waals surface area contributed by atoms with E-state index in [0.717, 1.165) is 36.4 Å². The lowest BCUT2D eigenvalue weighted by atomic mass is 9.86. The Morgan fingerprint density at radius 2 is 2.00 bits per heavy atom. The summed E-state index contributed by atoms with van der Waals surface area (Å²) in [7, 11) is 0. The zero-order valence-corrected chi connectivity index (χ0v) is 16.2. The van der Waals surface area contributed by atoms with Crippen molar-refractivity contribution in [2.75, 3.05) is 31.2 Å². The van der Waals surface area contributed by atoms with Crippen molar-refractivity contribution in [3.05, 3.63) is 18.2 Å². The van der Waals surface area contributed by atoms with E-state index in [4.69, 9.17) is 9.47 Å². The van der Waals surface area contributed by atoms with Crippen molar-refractivity contribution in [2.45, 2.75) is 38.5 Å². The molecule has 2 amide bonds. The van der Waals surface area contributed by atoms with Crippen LogP contribution in [0.25, 0.3) is 0 Å². The van der Waals surface area contributed by atoms with Crippen molar-refractivity contribution >= 4 is 17.5 Å². The van der Waals surface area contributed by atoms with Crippen molar-refractivity contribution < 1.29 is 19.1 Å². The van der Waals surface area contributed by atoms with E-state index in [0.29, 0.717) is 31.3 Å². The molecule has 2 aliphatic carbocycles. The first kappa shape index (κ1) is 17.8. The summed E-state index contributed by atoms with van der Waals surface area (Å²) in [5, 5.41) is 3.09. The molecule has 1 saturated heterocycles. The lowest BCUT2D eigenvalue weighted by Gasteiger charge is -2.22. The molecule has 0 spiro atoms. The van der Waals surface area contributed by atoms with Crippen LogP contribution in [0.2, 0.25) is 0 Å². The van der Waals surface area contributed by atoms with Crippen LogP contribution in [0.1, 0.15) is 38.5 Å². The summed E-state index contributed by atoms with van der Waals surface area (Å²) >= 11 is 0. The van der Waals surface area contributed by atoms with Gasteiger partial charge in [0, 0.05) is 31.3 Å². The minimum absolute atomic E-state index is 0.00932. The van der Waals surface area contributed by atoms with Crippen LogP contribution in [-0.2, 0) is 9.59 Å². The quantitative estimate of drug-likeness (QED) is 0.848. The van der Waals surface area contributed by atoms with Gasteiger partial charge in [-0.05, 0) is 55.6 Å². The Hall–Kier alpha value is -2.24. The fourth-order valence-electron chi connectivity index (χ4n) is 5.59. The van der Waals surface area contributed by atoms with E-state index in [9.17, 15) is 9.59 Å². The Kier molecular flexibility index (Phi) is 4.65. The molecule has 0 radical (unpaired) electrons. The molecule has 2 saturated carbocycles. The van der Waals surface area contributed by atoms with Crippen LogP contribution in [-0.4, -0.2) is 38.1 Å². The van der Waals surface area contributed by atoms with Gasteiger partial charge in [-0.1, -0.05) is 6.42 Å². The molecule has 150 valence electrons. The Labute approximate surface area is 165 Å². The van der Waals surface area contributed by atoms with Gasteiger partial charge in [0.25, 0.3) is 0 Å². The number of carbonyl (C=O) groups is 2. The van der Waals surface area contributed by atoms with Gasteiger partial charge in [-0.15, -0.1) is 0 Å². The fourth-order valence-corrected chi connectivity index (χ4v) is 5.59. The van der Waals surface area contributed by atoms with Crippen molar-refractivity contribution in [1.29, 1.82) is 0 Å². The normalized spacial score (nSPS) is 30.7. The first-order valence-electron chi connectivity index (χ1n) is 10.6. The van der Waals surface area contributed by atoms with Crippen molar-refractivity contribution in [1.82, 2.24) is 5.32 Å². The van der Waals surface area contributed by atoms with Crippen molar-refractivity contribution in [2.24, 2.45) is 23.7 Å². The van der Waals surface area contributed by atoms with Crippen LogP contribution in [0.15, 0.2) is 18.2 Å². The molecule has 5 rings (SSSR count). The highest BCUT2D eigenvalue weighted by Gasteiger charge is 2.39. The van der Waals surface area contributed by atoms with E-state index in [1.54, 1.807) is 4.90 Å². The number of hydrogen-bond acceptors (Lipinski definition) is 4. The number of hydrogen-bond donors (Lipinski definition) is 1. The molecule has 28 heavy (non-hydrogen) atoms. The molecule has 0 aromatic heterocycles. The Balaban J connectivity index is 1.15. The van der Waals surface area contributed by atoms with Gasteiger partial charge in [0.15, 0.2) is 11.5 Å². The number of fused-ring (bicyclic) bond motifs is 3. The van der Waals surface area contributed by atoms with Crippen LogP contribution < -0.4 is 19.7 Å². The summed E-state index contributed by atoms with van der Waals surface area (Å²) in [6.07, 6.45) is 6.90. The van der Waals surface area contributed by atoms with E-state index in [2.05, 4.69) is 5.32 Å². The zero-order valence-electron chi connectivity index (χ0n) is 16.2. The van der Waals surface area contributed by atoms with Crippen LogP contribution >= 0.6 is 0 Å². The Morgan fingerprint density at radius 1 is 1.14 bits per heavy atom. The summed E-state index contributed by atoms with van der Waals surface area (Å²) in [6.45, 7) is 2.22. The maximum absolute atomic E-state index is 12.6. The topological polar surface area (TPSA) is 67.9 Å². The lowest BCUT2D eigenvalue weighted by Crippen LogP contribution is -2.34. The third-order valence-corrected chi connectivity index (χ3v) is 7.03. The van der Waals surface area contributed by atoms with E-state index >= 15 is 0 Å². The molecule has 4 atom stereocenters. The number of amides is 2. The number of ether oxygens (including phenoxy) is 2. The molecule has 4 aliphatic rings. The number of benzene rings is 1. The minimum atomic E-state index is -0.277. The molecule has 1 aromatic carbocycles. The van der Waals surface area contributed by atoms with Gasteiger partial charge in [0.05, 0.1) is 5.92 Å². The van der Waals surface area contributed by atoms with Crippen molar-refractivity contribution in [3.8, 4) is 11.5 Å². The highest BCUT2D eigenvalue weighted by molar-refractivity contribution is 6.00. The standard InChI is InChI=1S/C22H28N2O4/c25-21-11-17(22(26)23-6-5-16-10-14-1-2-15(16)9-14)13-24(21)18-3-4-19-20(12-18)28-8-7-27-19/h3-4,12,14-17H,1-2,5-11,13H2,(H,23,26). The third kappa shape index (κ3) is 3.33. The monoisotopic (exact) mass is 384 g/mol. The second-order valence-corrected chi connectivity index (χ2v) is 8.75. The minimum Gasteiger partial charge on any atom is -0.486 e. The van der Waals surface area contributed by atoms with Crippen LogP contribution in [0.5, 0.6) is 11.5 Å². The molecule has 2 heterocycles. The van der Waals surface area contributed by atoms with Gasteiger partial charge in [-0.3, -0.25) is 9.59 Å². The number of rotatable bonds is 5. The van der Waals surface area contributed by atoms with E-state index in [-0.39, 0.29) is 24.2 Å². The molecule has 1 aromatic rings. The highest BCUT2D eigenvalue weighted by Crippen LogP contribution is 2.49. The summed E-state index contributed by atoms with van der Waals surface area (Å²) in [6, 6.07) is 5.53. The number of nitrogens with zero attached hydrogens (tertiary/aromatic N) is 1. The predicted octanol–water partition coefficient (Wildman–Crippen LogP) is 2.75. The van der Waals surface area contributed by atoms with Gasteiger partial charge in [0.2, 0.25) is 11.8 Å². The lowest BCUT2D eigenvalue weighted by molar-refractivity contribution is -0.126. The molecule has 6 heteroatoms. The SMILES string of the molecule is O=C(NCCC1CC2CCC1C2)C1CC(=O)N(c2ccc3c(c2)OCCO3)C1. The summed E-state index contributed by atoms with van der Waals surface area (Å²) < 4.78 is 11.2. The average molecular weight is 384 g/mol. The second kappa shape index (κ2) is 7.30. The molecular weight excluding hydrogens is 356 g/mol. The Bertz CT molecular complexity index is 780. The number of carbonyl (C=O) groups excluding carboxylic acids is 2. The second-order valence-electron chi connectivity index (χ2n) is 8.75.